The van der Waals surface area contributed by atoms with E-state index in [1.807, 2.05) is 37.3 Å². The molecule has 1 unspecified atom stereocenters. The van der Waals surface area contributed by atoms with Crippen molar-refractivity contribution >= 4 is 22.9 Å². The molecule has 3 aromatic rings. The molecule has 3 rings (SSSR count). The number of rotatable bonds is 7. The lowest BCUT2D eigenvalue weighted by atomic mass is 10.1. The van der Waals surface area contributed by atoms with Gasteiger partial charge in [-0.1, -0.05) is 42.4 Å². The number of nitro groups is 1. The van der Waals surface area contributed by atoms with E-state index in [9.17, 15) is 14.9 Å². The second-order valence-electron chi connectivity index (χ2n) is 5.92. The summed E-state index contributed by atoms with van der Waals surface area (Å²) in [6.45, 7) is 3.62. The number of carbonyl (C=O) groups is 1. The number of nitrogens with one attached hydrogen (secondary N) is 1. The number of thiophene rings is 1. The fourth-order valence-corrected chi connectivity index (χ4v) is 3.50. The van der Waals surface area contributed by atoms with Crippen molar-refractivity contribution in [3.05, 3.63) is 73.5 Å². The van der Waals surface area contributed by atoms with Gasteiger partial charge >= 0.3 is 0 Å². The SMILES string of the molecule is CCCc1nc(C(NC(=O)c2cc([N+](=O)[O-])c(C)s2)c2ccccc2)no1. The van der Waals surface area contributed by atoms with Gasteiger partial charge in [0.2, 0.25) is 5.89 Å². The molecule has 27 heavy (non-hydrogen) atoms. The predicted octanol–water partition coefficient (Wildman–Crippen LogP) is 3.82. The summed E-state index contributed by atoms with van der Waals surface area (Å²) in [4.78, 5) is 28.4. The summed E-state index contributed by atoms with van der Waals surface area (Å²) in [5.74, 6) is 0.429. The number of amides is 1. The molecule has 1 N–H and O–H groups in total. The van der Waals surface area contributed by atoms with Crippen LogP contribution in [0.3, 0.4) is 0 Å². The Kier molecular flexibility index (Phi) is 5.60. The molecule has 2 heterocycles. The monoisotopic (exact) mass is 386 g/mol. The molecule has 0 aliphatic rings. The molecule has 0 aliphatic heterocycles. The highest BCUT2D eigenvalue weighted by Gasteiger charge is 2.26. The van der Waals surface area contributed by atoms with Gasteiger partial charge in [0, 0.05) is 12.5 Å². The molecule has 1 atom stereocenters. The van der Waals surface area contributed by atoms with E-state index in [0.717, 1.165) is 23.3 Å². The number of hydrogen-bond acceptors (Lipinski definition) is 7. The third-order valence-electron chi connectivity index (χ3n) is 3.93. The highest BCUT2D eigenvalue weighted by atomic mass is 32.1. The van der Waals surface area contributed by atoms with Crippen molar-refractivity contribution < 1.29 is 14.2 Å². The number of aryl methyl sites for hydroxylation is 2. The van der Waals surface area contributed by atoms with E-state index in [1.54, 1.807) is 6.92 Å². The van der Waals surface area contributed by atoms with Crippen LogP contribution in [0.2, 0.25) is 0 Å². The normalized spacial score (nSPS) is 11.9. The molecule has 1 aromatic carbocycles. The summed E-state index contributed by atoms with van der Waals surface area (Å²) in [6.07, 6.45) is 1.51. The quantitative estimate of drug-likeness (QED) is 0.488. The average Bonchev–Trinajstić information content (AvgIpc) is 3.27. The number of aromatic nitrogens is 2. The van der Waals surface area contributed by atoms with Crippen molar-refractivity contribution in [2.75, 3.05) is 0 Å². The van der Waals surface area contributed by atoms with E-state index < -0.39 is 16.9 Å². The van der Waals surface area contributed by atoms with Gasteiger partial charge in [-0.3, -0.25) is 14.9 Å². The summed E-state index contributed by atoms with van der Waals surface area (Å²) in [5.41, 5.74) is 0.726. The molecular formula is C18H18N4O4S. The highest BCUT2D eigenvalue weighted by Crippen LogP contribution is 2.29. The van der Waals surface area contributed by atoms with E-state index in [0.29, 0.717) is 23.0 Å². The molecule has 0 aliphatic carbocycles. The average molecular weight is 386 g/mol. The zero-order valence-corrected chi connectivity index (χ0v) is 15.7. The van der Waals surface area contributed by atoms with Crippen molar-refractivity contribution in [2.24, 2.45) is 0 Å². The Bertz CT molecular complexity index is 951. The number of nitrogens with zero attached hydrogens (tertiary/aromatic N) is 3. The van der Waals surface area contributed by atoms with Crippen LogP contribution in [-0.2, 0) is 6.42 Å². The van der Waals surface area contributed by atoms with E-state index in [-0.39, 0.29) is 10.6 Å². The van der Waals surface area contributed by atoms with Gasteiger partial charge in [0.1, 0.15) is 6.04 Å². The first kappa shape index (κ1) is 18.7. The Labute approximate surface area is 159 Å². The number of hydrogen-bond donors (Lipinski definition) is 1. The van der Waals surface area contributed by atoms with Crippen LogP contribution in [0, 0.1) is 17.0 Å². The van der Waals surface area contributed by atoms with E-state index in [2.05, 4.69) is 15.5 Å². The minimum absolute atomic E-state index is 0.0637. The summed E-state index contributed by atoms with van der Waals surface area (Å²) >= 11 is 1.08. The van der Waals surface area contributed by atoms with Gasteiger partial charge in [-0.25, -0.2) is 0 Å². The fraction of sp³-hybridized carbons (Fsp3) is 0.278. The van der Waals surface area contributed by atoms with Crippen molar-refractivity contribution in [3.63, 3.8) is 0 Å². The fourth-order valence-electron chi connectivity index (χ4n) is 2.61. The smallest absolute Gasteiger partial charge is 0.283 e. The minimum atomic E-state index is -0.616. The summed E-state index contributed by atoms with van der Waals surface area (Å²) in [7, 11) is 0. The van der Waals surface area contributed by atoms with Crippen molar-refractivity contribution in [3.8, 4) is 0 Å². The molecule has 0 saturated heterocycles. The Balaban J connectivity index is 1.90. The molecule has 0 bridgehead atoms. The molecule has 0 spiro atoms. The Hall–Kier alpha value is -3.07. The lowest BCUT2D eigenvalue weighted by Crippen LogP contribution is -2.29. The molecule has 1 amide bonds. The van der Waals surface area contributed by atoms with Crippen LogP contribution in [0.15, 0.2) is 40.9 Å². The molecule has 0 fully saturated rings. The minimum Gasteiger partial charge on any atom is -0.339 e. The first-order valence-corrected chi connectivity index (χ1v) is 9.24. The molecule has 0 radical (unpaired) electrons. The van der Waals surface area contributed by atoms with Gasteiger partial charge in [0.05, 0.1) is 14.7 Å². The number of benzene rings is 1. The summed E-state index contributed by atoms with van der Waals surface area (Å²) in [6, 6.07) is 9.94. The van der Waals surface area contributed by atoms with Crippen molar-refractivity contribution in [2.45, 2.75) is 32.7 Å². The van der Waals surface area contributed by atoms with Gasteiger partial charge in [0.25, 0.3) is 11.6 Å². The predicted molar refractivity (Wildman–Crippen MR) is 99.8 cm³/mol. The van der Waals surface area contributed by atoms with Crippen LogP contribution in [0.25, 0.3) is 0 Å². The maximum absolute atomic E-state index is 12.7. The topological polar surface area (TPSA) is 111 Å². The van der Waals surface area contributed by atoms with Gasteiger partial charge in [-0.05, 0) is 18.9 Å². The largest absolute Gasteiger partial charge is 0.339 e. The number of carbonyl (C=O) groups excluding carboxylic acids is 1. The molecular weight excluding hydrogens is 368 g/mol. The van der Waals surface area contributed by atoms with Crippen LogP contribution in [-0.4, -0.2) is 21.0 Å². The van der Waals surface area contributed by atoms with E-state index in [1.165, 1.54) is 6.07 Å². The summed E-state index contributed by atoms with van der Waals surface area (Å²) in [5, 5.41) is 17.9. The second kappa shape index (κ2) is 8.09. The van der Waals surface area contributed by atoms with Crippen LogP contribution in [0.4, 0.5) is 5.69 Å². The standard InChI is InChI=1S/C18H18N4O4S/c1-3-7-15-19-17(21-26-15)16(12-8-5-4-6-9-12)20-18(23)14-10-13(22(24)25)11(2)27-14/h4-6,8-10,16H,3,7H2,1-2H3,(H,20,23). The van der Waals surface area contributed by atoms with Crippen LogP contribution < -0.4 is 5.32 Å². The molecule has 8 nitrogen and oxygen atoms in total. The highest BCUT2D eigenvalue weighted by molar-refractivity contribution is 7.14. The van der Waals surface area contributed by atoms with Gasteiger partial charge < -0.3 is 9.84 Å². The zero-order chi connectivity index (χ0) is 19.4. The maximum atomic E-state index is 12.7. The summed E-state index contributed by atoms with van der Waals surface area (Å²) < 4.78 is 5.25. The molecule has 140 valence electrons. The van der Waals surface area contributed by atoms with Gasteiger partial charge in [-0.2, -0.15) is 4.98 Å². The Morgan fingerprint density at radius 1 is 1.37 bits per heavy atom. The lowest BCUT2D eigenvalue weighted by molar-refractivity contribution is -0.385. The van der Waals surface area contributed by atoms with Gasteiger partial charge in [0.15, 0.2) is 5.82 Å². The van der Waals surface area contributed by atoms with Crippen molar-refractivity contribution in [1.82, 2.24) is 15.5 Å². The lowest BCUT2D eigenvalue weighted by Gasteiger charge is -2.15. The first-order valence-electron chi connectivity index (χ1n) is 8.42. The molecule has 0 saturated carbocycles. The molecule has 2 aromatic heterocycles. The zero-order valence-electron chi connectivity index (χ0n) is 14.8. The van der Waals surface area contributed by atoms with Crippen molar-refractivity contribution in [1.29, 1.82) is 0 Å². The third-order valence-corrected chi connectivity index (χ3v) is 4.96. The van der Waals surface area contributed by atoms with E-state index >= 15 is 0 Å². The third kappa shape index (κ3) is 4.20. The maximum Gasteiger partial charge on any atom is 0.283 e. The van der Waals surface area contributed by atoms with Crippen LogP contribution >= 0.6 is 11.3 Å². The van der Waals surface area contributed by atoms with Gasteiger partial charge in [-0.15, -0.1) is 11.3 Å². The Morgan fingerprint density at radius 3 is 2.74 bits per heavy atom. The Morgan fingerprint density at radius 2 is 2.11 bits per heavy atom. The van der Waals surface area contributed by atoms with Crippen LogP contribution in [0.5, 0.6) is 0 Å². The molecule has 9 heteroatoms. The first-order chi connectivity index (χ1) is 13.0. The second-order valence-corrected chi connectivity index (χ2v) is 7.18. The van der Waals surface area contributed by atoms with E-state index in [4.69, 9.17) is 4.52 Å². The van der Waals surface area contributed by atoms with Crippen LogP contribution in [0.1, 0.15) is 51.2 Å².